The number of aryl methyl sites for hydroxylation is 1. The van der Waals surface area contributed by atoms with Gasteiger partial charge in [0.1, 0.15) is 12.4 Å². The van der Waals surface area contributed by atoms with E-state index in [1.807, 2.05) is 13.0 Å². The predicted molar refractivity (Wildman–Crippen MR) is 90.2 cm³/mol. The average molecular weight is 367 g/mol. The zero-order valence-electron chi connectivity index (χ0n) is 14.4. The molecule has 2 aromatic heterocycles. The largest absolute Gasteiger partial charge is 0.475 e. The molecule has 0 spiro atoms. The summed E-state index contributed by atoms with van der Waals surface area (Å²) in [5.41, 5.74) is 0.135. The molecule has 0 atom stereocenters. The molecule has 1 saturated heterocycles. The maximum atomic E-state index is 13.1. The first-order valence-electron chi connectivity index (χ1n) is 8.36. The molecular weight excluding hydrogens is 347 g/mol. The van der Waals surface area contributed by atoms with Crippen LogP contribution in [0.4, 0.5) is 19.0 Å². The number of halogens is 3. The molecule has 140 valence electrons. The lowest BCUT2D eigenvalue weighted by Gasteiger charge is -2.36. The van der Waals surface area contributed by atoms with Crippen molar-refractivity contribution in [3.63, 3.8) is 0 Å². The van der Waals surface area contributed by atoms with E-state index in [0.717, 1.165) is 11.8 Å². The lowest BCUT2D eigenvalue weighted by Crippen LogP contribution is -2.48. The second-order valence-electron chi connectivity index (χ2n) is 6.06. The number of piperazine rings is 1. The number of anilines is 1. The van der Waals surface area contributed by atoms with E-state index in [9.17, 15) is 13.2 Å². The van der Waals surface area contributed by atoms with Crippen LogP contribution in [0, 0.1) is 6.92 Å². The maximum absolute atomic E-state index is 13.1. The topological polar surface area (TPSA) is 54.4 Å². The number of rotatable bonds is 5. The number of aromatic nitrogens is 3. The Labute approximate surface area is 149 Å². The molecular formula is C17H20F3N5O. The van der Waals surface area contributed by atoms with E-state index < -0.39 is 11.7 Å². The van der Waals surface area contributed by atoms with E-state index in [1.165, 1.54) is 12.3 Å². The van der Waals surface area contributed by atoms with E-state index in [-0.39, 0.29) is 5.82 Å². The number of hydrogen-bond donors (Lipinski definition) is 0. The molecule has 3 rings (SSSR count). The molecule has 0 aromatic carbocycles. The van der Waals surface area contributed by atoms with Gasteiger partial charge in [-0.15, -0.1) is 5.10 Å². The van der Waals surface area contributed by atoms with Gasteiger partial charge in [-0.25, -0.2) is 4.98 Å². The molecule has 0 unspecified atom stereocenters. The molecule has 1 aliphatic heterocycles. The van der Waals surface area contributed by atoms with E-state index >= 15 is 0 Å². The third-order valence-corrected chi connectivity index (χ3v) is 4.19. The highest BCUT2D eigenvalue weighted by Crippen LogP contribution is 2.35. The van der Waals surface area contributed by atoms with Gasteiger partial charge in [-0.3, -0.25) is 4.90 Å². The minimum atomic E-state index is -4.40. The van der Waals surface area contributed by atoms with Crippen LogP contribution < -0.4 is 9.64 Å². The summed E-state index contributed by atoms with van der Waals surface area (Å²) in [4.78, 5) is 7.78. The summed E-state index contributed by atoms with van der Waals surface area (Å²) in [6.45, 7) is 5.26. The normalized spacial score (nSPS) is 15.9. The van der Waals surface area contributed by atoms with E-state index in [0.29, 0.717) is 45.2 Å². The van der Waals surface area contributed by atoms with Crippen molar-refractivity contribution in [3.05, 3.63) is 41.7 Å². The fourth-order valence-electron chi connectivity index (χ4n) is 2.80. The van der Waals surface area contributed by atoms with Gasteiger partial charge in [0.15, 0.2) is 0 Å². The Kier molecular flexibility index (Phi) is 5.55. The molecule has 3 heterocycles. The Morgan fingerprint density at radius 1 is 1.08 bits per heavy atom. The summed E-state index contributed by atoms with van der Waals surface area (Å²) in [5, 5.41) is 7.85. The van der Waals surface area contributed by atoms with Crippen molar-refractivity contribution in [2.75, 3.05) is 44.2 Å². The number of alkyl halides is 3. The SMILES string of the molecule is Cc1ccc(OCCN2CCN(c3ncccc3C(F)(F)F)CC2)nn1. The predicted octanol–water partition coefficient (Wildman–Crippen LogP) is 2.40. The molecule has 0 N–H and O–H groups in total. The highest BCUT2D eigenvalue weighted by Gasteiger charge is 2.36. The van der Waals surface area contributed by atoms with Crippen LogP contribution in [0.15, 0.2) is 30.5 Å². The number of ether oxygens (including phenoxy) is 1. The molecule has 0 amide bonds. The third-order valence-electron chi connectivity index (χ3n) is 4.19. The van der Waals surface area contributed by atoms with Crippen molar-refractivity contribution in [1.29, 1.82) is 0 Å². The highest BCUT2D eigenvalue weighted by molar-refractivity contribution is 5.48. The lowest BCUT2D eigenvalue weighted by molar-refractivity contribution is -0.137. The zero-order chi connectivity index (χ0) is 18.6. The quantitative estimate of drug-likeness (QED) is 0.809. The van der Waals surface area contributed by atoms with E-state index in [2.05, 4.69) is 20.1 Å². The van der Waals surface area contributed by atoms with E-state index in [4.69, 9.17) is 4.74 Å². The number of nitrogens with zero attached hydrogens (tertiary/aromatic N) is 5. The molecule has 9 heteroatoms. The average Bonchev–Trinajstić information content (AvgIpc) is 2.63. The maximum Gasteiger partial charge on any atom is 0.419 e. The summed E-state index contributed by atoms with van der Waals surface area (Å²) in [6.07, 6.45) is -3.00. The Morgan fingerprint density at radius 3 is 2.50 bits per heavy atom. The van der Waals surface area contributed by atoms with Crippen LogP contribution in [0.2, 0.25) is 0 Å². The van der Waals surface area contributed by atoms with Gasteiger partial charge >= 0.3 is 6.18 Å². The van der Waals surface area contributed by atoms with Crippen LogP contribution in [0.1, 0.15) is 11.3 Å². The zero-order valence-corrected chi connectivity index (χ0v) is 14.4. The summed E-state index contributed by atoms with van der Waals surface area (Å²) >= 11 is 0. The van der Waals surface area contributed by atoms with Crippen molar-refractivity contribution in [3.8, 4) is 5.88 Å². The Balaban J connectivity index is 1.50. The molecule has 6 nitrogen and oxygen atoms in total. The van der Waals surface area contributed by atoms with Crippen molar-refractivity contribution in [1.82, 2.24) is 20.1 Å². The van der Waals surface area contributed by atoms with Crippen LogP contribution in [0.5, 0.6) is 5.88 Å². The smallest absolute Gasteiger partial charge is 0.419 e. The van der Waals surface area contributed by atoms with Gasteiger partial charge in [-0.2, -0.15) is 18.3 Å². The van der Waals surface area contributed by atoms with Crippen molar-refractivity contribution >= 4 is 5.82 Å². The van der Waals surface area contributed by atoms with Crippen LogP contribution in [-0.2, 0) is 6.18 Å². The molecule has 2 aromatic rings. The summed E-state index contributed by atoms with van der Waals surface area (Å²) in [6, 6.07) is 5.98. The summed E-state index contributed by atoms with van der Waals surface area (Å²) in [7, 11) is 0. The summed E-state index contributed by atoms with van der Waals surface area (Å²) < 4.78 is 44.9. The third kappa shape index (κ3) is 4.60. The minimum absolute atomic E-state index is 0.00540. The monoisotopic (exact) mass is 367 g/mol. The Hall–Kier alpha value is -2.42. The number of hydrogen-bond acceptors (Lipinski definition) is 6. The fourth-order valence-corrected chi connectivity index (χ4v) is 2.80. The molecule has 1 aliphatic rings. The van der Waals surface area contributed by atoms with Gasteiger partial charge in [0.2, 0.25) is 5.88 Å². The molecule has 0 bridgehead atoms. The Bertz CT molecular complexity index is 715. The molecule has 1 fully saturated rings. The van der Waals surface area contributed by atoms with Gasteiger partial charge in [-0.1, -0.05) is 0 Å². The van der Waals surface area contributed by atoms with Gasteiger partial charge < -0.3 is 9.64 Å². The van der Waals surface area contributed by atoms with Crippen LogP contribution in [0.3, 0.4) is 0 Å². The van der Waals surface area contributed by atoms with Crippen LogP contribution >= 0.6 is 0 Å². The molecule has 26 heavy (non-hydrogen) atoms. The molecule has 0 aliphatic carbocycles. The molecule has 0 radical (unpaired) electrons. The first-order chi connectivity index (χ1) is 12.4. The molecule has 0 saturated carbocycles. The highest BCUT2D eigenvalue weighted by atomic mass is 19.4. The van der Waals surface area contributed by atoms with Crippen molar-refractivity contribution in [2.45, 2.75) is 13.1 Å². The van der Waals surface area contributed by atoms with Crippen molar-refractivity contribution in [2.24, 2.45) is 0 Å². The first-order valence-corrected chi connectivity index (χ1v) is 8.36. The van der Waals surface area contributed by atoms with Gasteiger partial charge in [-0.05, 0) is 25.1 Å². The standard InChI is InChI=1S/C17H20F3N5O/c1-13-4-5-15(23-22-13)26-12-11-24-7-9-25(10-8-24)16-14(17(18,19)20)3-2-6-21-16/h2-6H,7-12H2,1H3. The lowest BCUT2D eigenvalue weighted by atomic mass is 10.2. The van der Waals surface area contributed by atoms with Gasteiger partial charge in [0.25, 0.3) is 0 Å². The second kappa shape index (κ2) is 7.86. The van der Waals surface area contributed by atoms with Crippen LogP contribution in [0.25, 0.3) is 0 Å². The van der Waals surface area contributed by atoms with E-state index in [1.54, 1.807) is 11.0 Å². The number of pyridine rings is 1. The van der Waals surface area contributed by atoms with Gasteiger partial charge in [0, 0.05) is 45.0 Å². The van der Waals surface area contributed by atoms with Crippen molar-refractivity contribution < 1.29 is 17.9 Å². The summed E-state index contributed by atoms with van der Waals surface area (Å²) in [5.74, 6) is 0.475. The van der Waals surface area contributed by atoms with Gasteiger partial charge in [0.05, 0.1) is 11.3 Å². The second-order valence-corrected chi connectivity index (χ2v) is 6.06. The fraction of sp³-hybridized carbons (Fsp3) is 0.471. The van der Waals surface area contributed by atoms with Crippen LogP contribution in [-0.4, -0.2) is 59.4 Å². The Morgan fingerprint density at radius 2 is 1.85 bits per heavy atom. The minimum Gasteiger partial charge on any atom is -0.475 e. The first kappa shape index (κ1) is 18.4.